The number of aryl methyl sites for hydroxylation is 1. The van der Waals surface area contributed by atoms with Crippen molar-refractivity contribution in [3.8, 4) is 17.1 Å². The lowest BCUT2D eigenvalue weighted by Gasteiger charge is -2.15. The summed E-state index contributed by atoms with van der Waals surface area (Å²) in [6.45, 7) is 5.25. The van der Waals surface area contributed by atoms with Crippen molar-refractivity contribution in [2.45, 2.75) is 57.4 Å². The Bertz CT molecular complexity index is 1170. The maximum absolute atomic E-state index is 12.8. The van der Waals surface area contributed by atoms with Crippen LogP contribution in [0.2, 0.25) is 0 Å². The van der Waals surface area contributed by atoms with Crippen molar-refractivity contribution in [1.82, 2.24) is 19.5 Å². The van der Waals surface area contributed by atoms with Gasteiger partial charge in [-0.15, -0.1) is 0 Å². The Hall–Kier alpha value is -2.71. The molecule has 7 nitrogen and oxygen atoms in total. The molecule has 8 heteroatoms. The molecule has 2 aromatic heterocycles. The fourth-order valence-electron chi connectivity index (χ4n) is 4.10. The molecule has 1 aliphatic rings. The van der Waals surface area contributed by atoms with Crippen LogP contribution in [0.4, 0.5) is 0 Å². The van der Waals surface area contributed by atoms with Gasteiger partial charge >= 0.3 is 0 Å². The third kappa shape index (κ3) is 4.86. The average Bonchev–Trinajstić information content (AvgIpc) is 3.17. The maximum Gasteiger partial charge on any atom is 0.240 e. The minimum atomic E-state index is -3.62. The van der Waals surface area contributed by atoms with Crippen molar-refractivity contribution in [1.29, 1.82) is 0 Å². The molecule has 0 radical (unpaired) electrons. The highest BCUT2D eigenvalue weighted by Crippen LogP contribution is 2.30. The zero-order chi connectivity index (χ0) is 22.6. The van der Waals surface area contributed by atoms with E-state index < -0.39 is 10.0 Å². The molecule has 32 heavy (non-hydrogen) atoms. The van der Waals surface area contributed by atoms with E-state index in [1.807, 2.05) is 36.7 Å². The monoisotopic (exact) mass is 454 g/mol. The van der Waals surface area contributed by atoms with Gasteiger partial charge in [0.15, 0.2) is 0 Å². The summed E-state index contributed by atoms with van der Waals surface area (Å²) in [4.78, 5) is 4.71. The number of aromatic nitrogens is 3. The van der Waals surface area contributed by atoms with E-state index in [0.29, 0.717) is 13.2 Å². The Balaban J connectivity index is 1.47. The summed E-state index contributed by atoms with van der Waals surface area (Å²) in [5.41, 5.74) is 5.04. The summed E-state index contributed by atoms with van der Waals surface area (Å²) in [7, 11) is -3.62. The van der Waals surface area contributed by atoms with Crippen molar-refractivity contribution < 1.29 is 13.2 Å². The van der Waals surface area contributed by atoms with Crippen molar-refractivity contribution in [2.75, 3.05) is 13.2 Å². The third-order valence-electron chi connectivity index (χ3n) is 5.70. The number of rotatable bonds is 9. The summed E-state index contributed by atoms with van der Waals surface area (Å²) >= 11 is 0. The fraction of sp³-hybridized carbons (Fsp3) is 0.417. The number of nitrogens with one attached hydrogen (secondary N) is 1. The number of sulfonamides is 1. The van der Waals surface area contributed by atoms with Gasteiger partial charge in [0.25, 0.3) is 0 Å². The van der Waals surface area contributed by atoms with E-state index in [1.165, 1.54) is 11.3 Å². The Morgan fingerprint density at radius 3 is 2.75 bits per heavy atom. The van der Waals surface area contributed by atoms with Crippen molar-refractivity contribution in [2.24, 2.45) is 0 Å². The van der Waals surface area contributed by atoms with E-state index >= 15 is 0 Å². The SMILES string of the molecule is CCCOc1ccc(S(=O)(=O)NCCn2nc(-c3ccccn3)c3c2CCCC3)cc1C. The van der Waals surface area contributed by atoms with Gasteiger partial charge in [-0.25, -0.2) is 13.1 Å². The maximum atomic E-state index is 12.8. The van der Waals surface area contributed by atoms with Crippen molar-refractivity contribution in [3.05, 3.63) is 59.4 Å². The standard InChI is InChI=1S/C24H30N4O3S/c1-3-16-31-23-12-11-19(17-18(23)2)32(29,30)26-14-15-28-22-10-5-4-8-20(22)24(27-28)21-9-6-7-13-25-21/h6-7,9,11-13,17,26H,3-5,8,10,14-16H2,1-2H3. The van der Waals surface area contributed by atoms with Gasteiger partial charge in [-0.05, 0) is 74.9 Å². The Labute approximate surface area is 189 Å². The van der Waals surface area contributed by atoms with Crippen LogP contribution in [0.15, 0.2) is 47.5 Å². The second-order valence-electron chi connectivity index (χ2n) is 8.09. The lowest BCUT2D eigenvalue weighted by molar-refractivity contribution is 0.315. The molecule has 2 heterocycles. The predicted octanol–water partition coefficient (Wildman–Crippen LogP) is 3.90. The Morgan fingerprint density at radius 1 is 1.16 bits per heavy atom. The van der Waals surface area contributed by atoms with Gasteiger partial charge in [0, 0.05) is 24.0 Å². The lowest BCUT2D eigenvalue weighted by Crippen LogP contribution is -2.28. The van der Waals surface area contributed by atoms with Gasteiger partial charge in [0.1, 0.15) is 11.4 Å². The molecule has 1 aliphatic carbocycles. The van der Waals surface area contributed by atoms with Crippen LogP contribution in [0.1, 0.15) is 43.0 Å². The number of fused-ring (bicyclic) bond motifs is 1. The number of hydrogen-bond acceptors (Lipinski definition) is 5. The number of hydrogen-bond donors (Lipinski definition) is 1. The molecule has 0 bridgehead atoms. The van der Waals surface area contributed by atoms with E-state index in [1.54, 1.807) is 24.4 Å². The normalized spacial score (nSPS) is 13.7. The Morgan fingerprint density at radius 2 is 2.00 bits per heavy atom. The van der Waals surface area contributed by atoms with Gasteiger partial charge in [-0.3, -0.25) is 9.67 Å². The molecule has 0 fully saturated rings. The molecule has 0 atom stereocenters. The summed E-state index contributed by atoms with van der Waals surface area (Å²) in [6.07, 6.45) is 6.89. The smallest absolute Gasteiger partial charge is 0.240 e. The van der Waals surface area contributed by atoms with Crippen LogP contribution in [0, 0.1) is 6.92 Å². The predicted molar refractivity (Wildman–Crippen MR) is 124 cm³/mol. The zero-order valence-electron chi connectivity index (χ0n) is 18.7. The van der Waals surface area contributed by atoms with Crippen LogP contribution < -0.4 is 9.46 Å². The van der Waals surface area contributed by atoms with E-state index in [9.17, 15) is 8.42 Å². The average molecular weight is 455 g/mol. The largest absolute Gasteiger partial charge is 0.493 e. The highest BCUT2D eigenvalue weighted by Gasteiger charge is 2.23. The van der Waals surface area contributed by atoms with Crippen LogP contribution in [0.3, 0.4) is 0 Å². The molecule has 0 amide bonds. The fourth-order valence-corrected chi connectivity index (χ4v) is 5.20. The highest BCUT2D eigenvalue weighted by molar-refractivity contribution is 7.89. The van der Waals surface area contributed by atoms with E-state index in [0.717, 1.165) is 54.8 Å². The summed E-state index contributed by atoms with van der Waals surface area (Å²) in [5, 5.41) is 4.81. The lowest BCUT2D eigenvalue weighted by atomic mass is 9.95. The molecule has 0 unspecified atom stereocenters. The molecule has 0 saturated heterocycles. The second-order valence-corrected chi connectivity index (χ2v) is 9.86. The van der Waals surface area contributed by atoms with Crippen LogP contribution in [0.25, 0.3) is 11.4 Å². The molecule has 0 aliphatic heterocycles. The van der Waals surface area contributed by atoms with E-state index in [-0.39, 0.29) is 11.4 Å². The number of nitrogens with zero attached hydrogens (tertiary/aromatic N) is 3. The summed E-state index contributed by atoms with van der Waals surface area (Å²) in [6, 6.07) is 10.8. The van der Waals surface area contributed by atoms with Crippen LogP contribution in [-0.2, 0) is 29.4 Å². The van der Waals surface area contributed by atoms with Gasteiger partial charge in [0.2, 0.25) is 10.0 Å². The van der Waals surface area contributed by atoms with Gasteiger partial charge in [-0.2, -0.15) is 5.10 Å². The van der Waals surface area contributed by atoms with Gasteiger partial charge < -0.3 is 4.74 Å². The molecule has 3 aromatic rings. The molecule has 1 N–H and O–H groups in total. The molecular weight excluding hydrogens is 424 g/mol. The van der Waals surface area contributed by atoms with Crippen molar-refractivity contribution >= 4 is 10.0 Å². The van der Waals surface area contributed by atoms with Crippen LogP contribution in [-0.4, -0.2) is 36.3 Å². The quantitative estimate of drug-likeness (QED) is 0.530. The van der Waals surface area contributed by atoms with Crippen LogP contribution in [0.5, 0.6) is 5.75 Å². The van der Waals surface area contributed by atoms with Gasteiger partial charge in [0.05, 0.1) is 23.7 Å². The zero-order valence-corrected chi connectivity index (χ0v) is 19.5. The van der Waals surface area contributed by atoms with Gasteiger partial charge in [-0.1, -0.05) is 13.0 Å². The minimum absolute atomic E-state index is 0.246. The molecule has 170 valence electrons. The minimum Gasteiger partial charge on any atom is -0.493 e. The number of benzene rings is 1. The molecule has 1 aromatic carbocycles. The second kappa shape index (κ2) is 9.83. The highest BCUT2D eigenvalue weighted by atomic mass is 32.2. The Kier molecular flexibility index (Phi) is 6.91. The first-order valence-corrected chi connectivity index (χ1v) is 12.7. The summed E-state index contributed by atoms with van der Waals surface area (Å²) in [5.74, 6) is 0.719. The number of ether oxygens (including phenoxy) is 1. The van der Waals surface area contributed by atoms with E-state index in [2.05, 4.69) is 9.71 Å². The van der Waals surface area contributed by atoms with Crippen LogP contribution >= 0.6 is 0 Å². The molecule has 4 rings (SSSR count). The third-order valence-corrected chi connectivity index (χ3v) is 7.16. The first-order valence-electron chi connectivity index (χ1n) is 11.2. The summed E-state index contributed by atoms with van der Waals surface area (Å²) < 4.78 is 36.0. The molecule has 0 spiro atoms. The van der Waals surface area contributed by atoms with E-state index in [4.69, 9.17) is 9.84 Å². The topological polar surface area (TPSA) is 86.1 Å². The first-order chi connectivity index (χ1) is 15.5. The number of pyridine rings is 1. The molecule has 0 saturated carbocycles. The van der Waals surface area contributed by atoms with Crippen molar-refractivity contribution in [3.63, 3.8) is 0 Å². The first kappa shape index (κ1) is 22.5. The molecular formula is C24H30N4O3S.